The number of phenols is 2. The van der Waals surface area contributed by atoms with E-state index in [0.717, 1.165) is 0 Å². The molecule has 0 aliphatic rings. The highest BCUT2D eigenvalue weighted by molar-refractivity contribution is 5.78. The lowest BCUT2D eigenvalue weighted by Crippen LogP contribution is -1.97. The first-order chi connectivity index (χ1) is 6.65. The Kier molecular flexibility index (Phi) is 3.51. The number of para-hydroxylation sites is 1. The van der Waals surface area contributed by atoms with Crippen LogP contribution in [-0.2, 0) is 11.2 Å². The summed E-state index contributed by atoms with van der Waals surface area (Å²) in [5.74, 6) is -0.0874. The average Bonchev–Trinajstić information content (AvgIpc) is 2.20. The zero-order chi connectivity index (χ0) is 10.6. The Morgan fingerprint density at radius 1 is 1.36 bits per heavy atom. The molecule has 76 valence electrons. The van der Waals surface area contributed by atoms with E-state index in [1.165, 1.54) is 6.07 Å². The van der Waals surface area contributed by atoms with Crippen molar-refractivity contribution in [1.82, 2.24) is 0 Å². The molecule has 0 unspecified atom stereocenters. The molecule has 0 radical (unpaired) electrons. The van der Waals surface area contributed by atoms with Crippen molar-refractivity contribution in [2.75, 3.05) is 0 Å². The van der Waals surface area contributed by atoms with E-state index in [1.807, 2.05) is 6.92 Å². The number of aryl methyl sites for hydroxylation is 1. The van der Waals surface area contributed by atoms with Gasteiger partial charge in [0.1, 0.15) is 5.78 Å². The standard InChI is InChI=1S/C11H14O3/c1-2-9(12)7-6-8-4-3-5-10(13)11(8)14/h3-5,13-14H,2,6-7H2,1H3. The fourth-order valence-corrected chi connectivity index (χ4v) is 1.23. The van der Waals surface area contributed by atoms with E-state index in [1.54, 1.807) is 12.1 Å². The lowest BCUT2D eigenvalue weighted by Gasteiger charge is -2.04. The van der Waals surface area contributed by atoms with Gasteiger partial charge in [0.05, 0.1) is 0 Å². The molecule has 0 aliphatic heterocycles. The second kappa shape index (κ2) is 4.65. The summed E-state index contributed by atoms with van der Waals surface area (Å²) in [6.45, 7) is 1.81. The van der Waals surface area contributed by atoms with Crippen LogP contribution >= 0.6 is 0 Å². The quantitative estimate of drug-likeness (QED) is 0.721. The maximum atomic E-state index is 11.0. The molecule has 0 fully saturated rings. The van der Waals surface area contributed by atoms with Gasteiger partial charge in [-0.05, 0) is 18.1 Å². The Hall–Kier alpha value is -1.51. The summed E-state index contributed by atoms with van der Waals surface area (Å²) in [5, 5.41) is 18.6. The number of aromatic hydroxyl groups is 2. The smallest absolute Gasteiger partial charge is 0.160 e. The van der Waals surface area contributed by atoms with E-state index in [0.29, 0.717) is 24.8 Å². The second-order valence-corrected chi connectivity index (χ2v) is 3.18. The van der Waals surface area contributed by atoms with Crippen molar-refractivity contribution in [3.63, 3.8) is 0 Å². The minimum absolute atomic E-state index is 0.114. The van der Waals surface area contributed by atoms with Gasteiger partial charge in [-0.25, -0.2) is 0 Å². The monoisotopic (exact) mass is 194 g/mol. The molecule has 0 saturated carbocycles. The number of hydrogen-bond acceptors (Lipinski definition) is 3. The molecule has 3 heteroatoms. The highest BCUT2D eigenvalue weighted by atomic mass is 16.3. The summed E-state index contributed by atoms with van der Waals surface area (Å²) < 4.78 is 0. The molecule has 0 spiro atoms. The average molecular weight is 194 g/mol. The van der Waals surface area contributed by atoms with Gasteiger partial charge in [0.25, 0.3) is 0 Å². The summed E-state index contributed by atoms with van der Waals surface area (Å²) in [4.78, 5) is 11.0. The predicted molar refractivity (Wildman–Crippen MR) is 53.4 cm³/mol. The first-order valence-corrected chi connectivity index (χ1v) is 4.66. The summed E-state index contributed by atoms with van der Waals surface area (Å²) in [6, 6.07) is 4.78. The molecule has 1 aromatic rings. The highest BCUT2D eigenvalue weighted by Crippen LogP contribution is 2.28. The van der Waals surface area contributed by atoms with Crippen LogP contribution in [0.25, 0.3) is 0 Å². The van der Waals surface area contributed by atoms with Crippen molar-refractivity contribution >= 4 is 5.78 Å². The van der Waals surface area contributed by atoms with Gasteiger partial charge in [-0.2, -0.15) is 0 Å². The molecule has 3 nitrogen and oxygen atoms in total. The van der Waals surface area contributed by atoms with E-state index < -0.39 is 0 Å². The van der Waals surface area contributed by atoms with Crippen molar-refractivity contribution < 1.29 is 15.0 Å². The molecule has 0 saturated heterocycles. The maximum absolute atomic E-state index is 11.0. The van der Waals surface area contributed by atoms with Gasteiger partial charge in [0, 0.05) is 12.8 Å². The zero-order valence-corrected chi connectivity index (χ0v) is 8.16. The van der Waals surface area contributed by atoms with Crippen LogP contribution in [0, 0.1) is 0 Å². The van der Waals surface area contributed by atoms with E-state index in [9.17, 15) is 15.0 Å². The van der Waals surface area contributed by atoms with E-state index in [-0.39, 0.29) is 17.3 Å². The number of ketones is 1. The van der Waals surface area contributed by atoms with Crippen molar-refractivity contribution in [1.29, 1.82) is 0 Å². The number of benzene rings is 1. The Morgan fingerprint density at radius 2 is 2.07 bits per heavy atom. The van der Waals surface area contributed by atoms with Gasteiger partial charge in [-0.1, -0.05) is 19.1 Å². The van der Waals surface area contributed by atoms with Gasteiger partial charge in [0.2, 0.25) is 0 Å². The van der Waals surface area contributed by atoms with Crippen LogP contribution in [0.5, 0.6) is 11.5 Å². The van der Waals surface area contributed by atoms with Crippen LogP contribution in [-0.4, -0.2) is 16.0 Å². The van der Waals surface area contributed by atoms with Gasteiger partial charge in [0.15, 0.2) is 11.5 Å². The summed E-state index contributed by atoms with van der Waals surface area (Å²) in [7, 11) is 0. The maximum Gasteiger partial charge on any atom is 0.160 e. The van der Waals surface area contributed by atoms with Crippen LogP contribution in [0.4, 0.5) is 0 Å². The Morgan fingerprint density at radius 3 is 2.71 bits per heavy atom. The molecule has 0 aromatic heterocycles. The van der Waals surface area contributed by atoms with Gasteiger partial charge in [-0.3, -0.25) is 4.79 Å². The minimum Gasteiger partial charge on any atom is -0.504 e. The fraction of sp³-hybridized carbons (Fsp3) is 0.364. The van der Waals surface area contributed by atoms with Gasteiger partial charge in [-0.15, -0.1) is 0 Å². The molecule has 0 amide bonds. The third kappa shape index (κ3) is 2.49. The lowest BCUT2D eigenvalue weighted by molar-refractivity contribution is -0.118. The minimum atomic E-state index is -0.133. The summed E-state index contributed by atoms with van der Waals surface area (Å²) in [6.07, 6.45) is 1.40. The van der Waals surface area contributed by atoms with E-state index in [2.05, 4.69) is 0 Å². The third-order valence-electron chi connectivity index (χ3n) is 2.17. The molecular formula is C11H14O3. The number of carbonyl (C=O) groups excluding carboxylic acids is 1. The van der Waals surface area contributed by atoms with Crippen LogP contribution < -0.4 is 0 Å². The number of carbonyl (C=O) groups is 1. The van der Waals surface area contributed by atoms with Crippen molar-refractivity contribution in [3.8, 4) is 11.5 Å². The van der Waals surface area contributed by atoms with Crippen LogP contribution in [0.15, 0.2) is 18.2 Å². The van der Waals surface area contributed by atoms with Crippen molar-refractivity contribution in [3.05, 3.63) is 23.8 Å². The normalized spacial score (nSPS) is 10.1. The topological polar surface area (TPSA) is 57.5 Å². The number of rotatable bonds is 4. The SMILES string of the molecule is CCC(=O)CCc1cccc(O)c1O. The van der Waals surface area contributed by atoms with Gasteiger partial charge < -0.3 is 10.2 Å². The van der Waals surface area contributed by atoms with Crippen molar-refractivity contribution in [2.24, 2.45) is 0 Å². The Bertz CT molecular complexity index is 331. The van der Waals surface area contributed by atoms with E-state index in [4.69, 9.17) is 0 Å². The second-order valence-electron chi connectivity index (χ2n) is 3.18. The third-order valence-corrected chi connectivity index (χ3v) is 2.17. The summed E-state index contributed by atoms with van der Waals surface area (Å²) >= 11 is 0. The predicted octanol–water partition coefficient (Wildman–Crippen LogP) is 2.01. The lowest BCUT2D eigenvalue weighted by atomic mass is 10.1. The number of Topliss-reactive ketones (excluding diaryl/α,β-unsaturated/α-hetero) is 1. The fourth-order valence-electron chi connectivity index (χ4n) is 1.23. The van der Waals surface area contributed by atoms with Gasteiger partial charge >= 0.3 is 0 Å². The molecule has 1 rings (SSSR count). The first-order valence-electron chi connectivity index (χ1n) is 4.66. The zero-order valence-electron chi connectivity index (χ0n) is 8.16. The summed E-state index contributed by atoms with van der Waals surface area (Å²) in [5.41, 5.74) is 0.617. The van der Waals surface area contributed by atoms with Crippen molar-refractivity contribution in [2.45, 2.75) is 26.2 Å². The molecule has 0 heterocycles. The Balaban J connectivity index is 2.68. The largest absolute Gasteiger partial charge is 0.504 e. The number of phenolic OH excluding ortho intramolecular Hbond substituents is 2. The molecule has 0 atom stereocenters. The van der Waals surface area contributed by atoms with Crippen LogP contribution in [0.1, 0.15) is 25.3 Å². The molecule has 0 aliphatic carbocycles. The highest BCUT2D eigenvalue weighted by Gasteiger charge is 2.07. The molecule has 14 heavy (non-hydrogen) atoms. The van der Waals surface area contributed by atoms with Crippen LogP contribution in [0.3, 0.4) is 0 Å². The molecular weight excluding hydrogens is 180 g/mol. The molecule has 0 bridgehead atoms. The van der Waals surface area contributed by atoms with E-state index >= 15 is 0 Å². The molecule has 1 aromatic carbocycles. The Labute approximate surface area is 83.0 Å². The molecule has 2 N–H and O–H groups in total. The van der Waals surface area contributed by atoms with Crippen LogP contribution in [0.2, 0.25) is 0 Å². The first kappa shape index (κ1) is 10.6. The number of hydrogen-bond donors (Lipinski definition) is 2.